The molecule has 0 aromatic heterocycles. The van der Waals surface area contributed by atoms with Crippen LogP contribution in [0.2, 0.25) is 0 Å². The topological polar surface area (TPSA) is 83.7 Å². The molecule has 6 nitrogen and oxygen atoms in total. The predicted octanol–water partition coefficient (Wildman–Crippen LogP) is 2.73. The highest BCUT2D eigenvalue weighted by Gasteiger charge is 2.34. The standard InChI is InChI=1S/C14H17BrN2O4/c1-16(9-14(19)6-2-3-7-14)13(18)11-8-10(17(20)21)4-5-12(11)15/h4-5,8,19H,2-3,6-7,9H2,1H3. The first-order valence-corrected chi connectivity index (χ1v) is 7.53. The van der Waals surface area contributed by atoms with Crippen molar-refractivity contribution in [3.63, 3.8) is 0 Å². The lowest BCUT2D eigenvalue weighted by Crippen LogP contribution is -2.42. The molecule has 114 valence electrons. The van der Waals surface area contributed by atoms with Crippen LogP contribution in [0.5, 0.6) is 0 Å². The average Bonchev–Trinajstić information content (AvgIpc) is 2.84. The van der Waals surface area contributed by atoms with Gasteiger partial charge in [0.05, 0.1) is 16.1 Å². The van der Waals surface area contributed by atoms with E-state index in [2.05, 4.69) is 15.9 Å². The summed E-state index contributed by atoms with van der Waals surface area (Å²) in [7, 11) is 1.60. The lowest BCUT2D eigenvalue weighted by atomic mass is 10.0. The zero-order valence-electron chi connectivity index (χ0n) is 11.7. The minimum atomic E-state index is -0.836. The van der Waals surface area contributed by atoms with E-state index in [4.69, 9.17) is 0 Å². The second-order valence-corrected chi connectivity index (χ2v) is 6.37. The lowest BCUT2D eigenvalue weighted by molar-refractivity contribution is -0.384. The molecule has 1 aromatic carbocycles. The molecular weight excluding hydrogens is 340 g/mol. The summed E-state index contributed by atoms with van der Waals surface area (Å²) in [4.78, 5) is 24.1. The van der Waals surface area contributed by atoms with Crippen LogP contribution >= 0.6 is 15.9 Å². The molecule has 1 saturated carbocycles. The minimum Gasteiger partial charge on any atom is -0.388 e. The highest BCUT2D eigenvalue weighted by atomic mass is 79.9. The molecule has 1 fully saturated rings. The van der Waals surface area contributed by atoms with Crippen LogP contribution in [-0.4, -0.2) is 40.0 Å². The van der Waals surface area contributed by atoms with E-state index in [0.717, 1.165) is 12.8 Å². The number of halogens is 1. The number of carbonyl (C=O) groups excluding carboxylic acids is 1. The molecule has 2 rings (SSSR count). The molecule has 1 aliphatic carbocycles. The molecule has 7 heteroatoms. The first-order valence-electron chi connectivity index (χ1n) is 6.74. The molecule has 1 amide bonds. The summed E-state index contributed by atoms with van der Waals surface area (Å²) >= 11 is 3.24. The van der Waals surface area contributed by atoms with E-state index in [1.807, 2.05) is 0 Å². The molecule has 0 aliphatic heterocycles. The number of non-ortho nitro benzene ring substituents is 1. The maximum absolute atomic E-state index is 12.4. The molecule has 0 radical (unpaired) electrons. The maximum atomic E-state index is 12.4. The Kier molecular flexibility index (Phi) is 4.63. The van der Waals surface area contributed by atoms with Gasteiger partial charge in [-0.1, -0.05) is 12.8 Å². The lowest BCUT2D eigenvalue weighted by Gasteiger charge is -2.28. The first kappa shape index (κ1) is 15.9. The highest BCUT2D eigenvalue weighted by Crippen LogP contribution is 2.31. The van der Waals surface area contributed by atoms with Gasteiger partial charge >= 0.3 is 0 Å². The van der Waals surface area contributed by atoms with Gasteiger partial charge in [-0.2, -0.15) is 0 Å². The third kappa shape index (κ3) is 3.59. The monoisotopic (exact) mass is 356 g/mol. The number of carbonyl (C=O) groups is 1. The average molecular weight is 357 g/mol. The molecule has 1 aliphatic rings. The van der Waals surface area contributed by atoms with Crippen molar-refractivity contribution in [2.24, 2.45) is 0 Å². The van der Waals surface area contributed by atoms with Gasteiger partial charge in [-0.15, -0.1) is 0 Å². The molecular formula is C14H17BrN2O4. The van der Waals surface area contributed by atoms with Crippen LogP contribution in [0.1, 0.15) is 36.0 Å². The van der Waals surface area contributed by atoms with Crippen molar-refractivity contribution in [1.29, 1.82) is 0 Å². The molecule has 0 spiro atoms. The molecule has 0 heterocycles. The van der Waals surface area contributed by atoms with E-state index in [1.165, 1.54) is 23.1 Å². The van der Waals surface area contributed by atoms with Gasteiger partial charge in [0.2, 0.25) is 0 Å². The molecule has 1 aromatic rings. The van der Waals surface area contributed by atoms with E-state index in [1.54, 1.807) is 7.05 Å². The number of nitro groups is 1. The Morgan fingerprint density at radius 1 is 1.48 bits per heavy atom. The fourth-order valence-corrected chi connectivity index (χ4v) is 3.12. The number of nitro benzene ring substituents is 1. The van der Waals surface area contributed by atoms with Gasteiger partial charge < -0.3 is 10.0 Å². The number of amides is 1. The van der Waals surface area contributed by atoms with Crippen molar-refractivity contribution < 1.29 is 14.8 Å². The van der Waals surface area contributed by atoms with Crippen LogP contribution in [0.3, 0.4) is 0 Å². The first-order chi connectivity index (χ1) is 9.82. The maximum Gasteiger partial charge on any atom is 0.270 e. The number of aliphatic hydroxyl groups is 1. The number of hydrogen-bond donors (Lipinski definition) is 1. The van der Waals surface area contributed by atoms with Crippen molar-refractivity contribution in [3.8, 4) is 0 Å². The van der Waals surface area contributed by atoms with E-state index >= 15 is 0 Å². The van der Waals surface area contributed by atoms with E-state index in [-0.39, 0.29) is 23.7 Å². The number of nitrogens with zero attached hydrogens (tertiary/aromatic N) is 2. The predicted molar refractivity (Wildman–Crippen MR) is 81.2 cm³/mol. The third-order valence-electron chi connectivity index (χ3n) is 3.80. The third-order valence-corrected chi connectivity index (χ3v) is 4.50. The minimum absolute atomic E-state index is 0.130. The summed E-state index contributed by atoms with van der Waals surface area (Å²) in [5.41, 5.74) is -0.736. The van der Waals surface area contributed by atoms with E-state index in [9.17, 15) is 20.0 Å². The zero-order valence-corrected chi connectivity index (χ0v) is 13.3. The van der Waals surface area contributed by atoms with E-state index < -0.39 is 10.5 Å². The Bertz CT molecular complexity index is 570. The quantitative estimate of drug-likeness (QED) is 0.663. The van der Waals surface area contributed by atoms with Crippen LogP contribution in [0, 0.1) is 10.1 Å². The molecule has 21 heavy (non-hydrogen) atoms. The summed E-state index contributed by atoms with van der Waals surface area (Å²) in [5, 5.41) is 21.2. The van der Waals surface area contributed by atoms with Crippen LogP contribution in [0.4, 0.5) is 5.69 Å². The van der Waals surface area contributed by atoms with Crippen LogP contribution in [0.15, 0.2) is 22.7 Å². The summed E-state index contributed by atoms with van der Waals surface area (Å²) in [6.07, 6.45) is 3.28. The largest absolute Gasteiger partial charge is 0.388 e. The highest BCUT2D eigenvalue weighted by molar-refractivity contribution is 9.10. The Balaban J connectivity index is 2.18. The smallest absolute Gasteiger partial charge is 0.270 e. The van der Waals surface area contributed by atoms with Gasteiger partial charge in [-0.25, -0.2) is 0 Å². The molecule has 0 atom stereocenters. The number of hydrogen-bond acceptors (Lipinski definition) is 4. The Labute approximate surface area is 131 Å². The fourth-order valence-electron chi connectivity index (χ4n) is 2.70. The SMILES string of the molecule is CN(CC1(O)CCCC1)C(=O)c1cc([N+](=O)[O-])ccc1Br. The molecule has 0 unspecified atom stereocenters. The van der Waals surface area contributed by atoms with Crippen molar-refractivity contribution in [1.82, 2.24) is 4.90 Å². The zero-order chi connectivity index (χ0) is 15.6. The fraction of sp³-hybridized carbons (Fsp3) is 0.500. The van der Waals surface area contributed by atoms with Gasteiger partial charge in [0.25, 0.3) is 11.6 Å². The number of benzene rings is 1. The second-order valence-electron chi connectivity index (χ2n) is 5.51. The van der Waals surface area contributed by atoms with Gasteiger partial charge in [-0.3, -0.25) is 14.9 Å². The van der Waals surface area contributed by atoms with Crippen molar-refractivity contribution >= 4 is 27.5 Å². The van der Waals surface area contributed by atoms with E-state index in [0.29, 0.717) is 17.3 Å². The van der Waals surface area contributed by atoms with Gasteiger partial charge in [-0.05, 0) is 34.8 Å². The van der Waals surface area contributed by atoms with Crippen LogP contribution < -0.4 is 0 Å². The van der Waals surface area contributed by atoms with Crippen LogP contribution in [-0.2, 0) is 0 Å². The summed E-state index contributed by atoms with van der Waals surface area (Å²) in [6, 6.07) is 4.08. The second kappa shape index (κ2) is 6.11. The van der Waals surface area contributed by atoms with Crippen molar-refractivity contribution in [3.05, 3.63) is 38.3 Å². The summed E-state index contributed by atoms with van der Waals surface area (Å²) in [6.45, 7) is 0.237. The molecule has 0 saturated heterocycles. The molecule has 1 N–H and O–H groups in total. The van der Waals surface area contributed by atoms with Gasteiger partial charge in [0, 0.05) is 30.2 Å². The van der Waals surface area contributed by atoms with Gasteiger partial charge in [0.15, 0.2) is 0 Å². The summed E-state index contributed by atoms with van der Waals surface area (Å²) in [5.74, 6) is -0.342. The van der Waals surface area contributed by atoms with Gasteiger partial charge in [0.1, 0.15) is 0 Å². The van der Waals surface area contributed by atoms with Crippen LogP contribution in [0.25, 0.3) is 0 Å². The van der Waals surface area contributed by atoms with Crippen molar-refractivity contribution in [2.75, 3.05) is 13.6 Å². The normalized spacial score (nSPS) is 16.7. The van der Waals surface area contributed by atoms with Crippen molar-refractivity contribution in [2.45, 2.75) is 31.3 Å². The Morgan fingerprint density at radius 3 is 2.67 bits per heavy atom. The Hall–Kier alpha value is -1.47. The Morgan fingerprint density at radius 2 is 2.10 bits per heavy atom. The summed E-state index contributed by atoms with van der Waals surface area (Å²) < 4.78 is 0.503. The number of likely N-dealkylation sites (N-methyl/N-ethyl adjacent to an activating group) is 1. The number of rotatable bonds is 4. The molecule has 0 bridgehead atoms.